The van der Waals surface area contributed by atoms with Gasteiger partial charge in [-0.15, -0.1) is 10.2 Å². The van der Waals surface area contributed by atoms with Crippen molar-refractivity contribution in [1.29, 1.82) is 0 Å². The molecule has 2 N–H and O–H groups in total. The van der Waals surface area contributed by atoms with Crippen LogP contribution in [-0.2, 0) is 11.8 Å². The van der Waals surface area contributed by atoms with Crippen LogP contribution in [0.4, 0.5) is 5.69 Å². The standard InChI is InChI=1S/C20H18Cl3N5O2S/c1-11(24-19(30)12-3-5-13(21)6-4-12)18-26-27-20(28(18)2)31-10-17(29)25-16-8-7-14(22)9-15(16)23/h3-9,11H,10H2,1-2H3,(H,24,30)(H,25,29)/t11-/m1/s1. The second-order valence-corrected chi connectivity index (χ2v) is 8.79. The number of thioether (sulfide) groups is 1. The molecule has 0 aliphatic heterocycles. The summed E-state index contributed by atoms with van der Waals surface area (Å²) in [4.78, 5) is 24.7. The van der Waals surface area contributed by atoms with Gasteiger partial charge in [0.1, 0.15) is 0 Å². The first-order valence-electron chi connectivity index (χ1n) is 9.08. The molecular weight excluding hydrogens is 481 g/mol. The van der Waals surface area contributed by atoms with Crippen LogP contribution in [0.25, 0.3) is 0 Å². The van der Waals surface area contributed by atoms with Crippen LogP contribution >= 0.6 is 46.6 Å². The Morgan fingerprint density at radius 1 is 1.06 bits per heavy atom. The molecule has 2 aromatic carbocycles. The van der Waals surface area contributed by atoms with Gasteiger partial charge in [-0.25, -0.2) is 0 Å². The van der Waals surface area contributed by atoms with Crippen LogP contribution in [0.15, 0.2) is 47.6 Å². The van der Waals surface area contributed by atoms with Gasteiger partial charge in [-0.05, 0) is 49.4 Å². The summed E-state index contributed by atoms with van der Waals surface area (Å²) < 4.78 is 1.74. The van der Waals surface area contributed by atoms with Crippen LogP contribution in [0.3, 0.4) is 0 Å². The van der Waals surface area contributed by atoms with E-state index >= 15 is 0 Å². The van der Waals surface area contributed by atoms with Gasteiger partial charge in [0.15, 0.2) is 11.0 Å². The summed E-state index contributed by atoms with van der Waals surface area (Å²) in [6, 6.07) is 11.0. The maximum absolute atomic E-state index is 12.4. The molecule has 0 aliphatic carbocycles. The predicted octanol–water partition coefficient (Wildman–Crippen LogP) is 5.00. The van der Waals surface area contributed by atoms with E-state index in [2.05, 4.69) is 20.8 Å². The number of hydrogen-bond acceptors (Lipinski definition) is 5. The normalized spacial score (nSPS) is 11.8. The van der Waals surface area contributed by atoms with Gasteiger partial charge in [-0.2, -0.15) is 0 Å². The van der Waals surface area contributed by atoms with Crippen LogP contribution in [0.5, 0.6) is 0 Å². The molecule has 31 heavy (non-hydrogen) atoms. The molecule has 3 aromatic rings. The number of amides is 2. The lowest BCUT2D eigenvalue weighted by molar-refractivity contribution is -0.113. The van der Waals surface area contributed by atoms with E-state index in [0.717, 1.165) is 0 Å². The van der Waals surface area contributed by atoms with Crippen molar-refractivity contribution < 1.29 is 9.59 Å². The molecule has 0 unspecified atom stereocenters. The molecule has 0 saturated carbocycles. The molecular formula is C20H18Cl3N5O2S. The lowest BCUT2D eigenvalue weighted by atomic mass is 10.2. The van der Waals surface area contributed by atoms with Crippen LogP contribution < -0.4 is 10.6 Å². The van der Waals surface area contributed by atoms with Gasteiger partial charge in [-0.1, -0.05) is 46.6 Å². The predicted molar refractivity (Wildman–Crippen MR) is 124 cm³/mol. The largest absolute Gasteiger partial charge is 0.342 e. The van der Waals surface area contributed by atoms with Gasteiger partial charge in [0, 0.05) is 22.7 Å². The van der Waals surface area contributed by atoms with E-state index in [0.29, 0.717) is 37.3 Å². The number of nitrogens with zero attached hydrogens (tertiary/aromatic N) is 3. The van der Waals surface area contributed by atoms with E-state index in [4.69, 9.17) is 34.8 Å². The fourth-order valence-electron chi connectivity index (χ4n) is 2.68. The topological polar surface area (TPSA) is 88.9 Å². The number of nitrogens with one attached hydrogen (secondary N) is 2. The van der Waals surface area contributed by atoms with Crippen molar-refractivity contribution in [3.63, 3.8) is 0 Å². The van der Waals surface area contributed by atoms with E-state index in [9.17, 15) is 9.59 Å². The van der Waals surface area contributed by atoms with Crippen molar-refractivity contribution in [2.45, 2.75) is 18.1 Å². The van der Waals surface area contributed by atoms with Gasteiger partial charge in [0.2, 0.25) is 5.91 Å². The monoisotopic (exact) mass is 497 g/mol. The number of benzene rings is 2. The molecule has 0 spiro atoms. The second-order valence-electron chi connectivity index (χ2n) is 6.56. The van der Waals surface area contributed by atoms with Gasteiger partial charge in [-0.3, -0.25) is 9.59 Å². The summed E-state index contributed by atoms with van der Waals surface area (Å²) in [5.74, 6) is 0.172. The van der Waals surface area contributed by atoms with E-state index < -0.39 is 6.04 Å². The molecule has 2 amide bonds. The minimum absolute atomic E-state index is 0.108. The third-order valence-electron chi connectivity index (χ3n) is 4.25. The Morgan fingerprint density at radius 2 is 1.74 bits per heavy atom. The molecule has 0 aliphatic rings. The summed E-state index contributed by atoms with van der Waals surface area (Å²) in [6.45, 7) is 1.81. The molecule has 11 heteroatoms. The first kappa shape index (κ1) is 23.4. The van der Waals surface area contributed by atoms with Crippen LogP contribution in [0.2, 0.25) is 15.1 Å². The number of rotatable bonds is 7. The van der Waals surface area contributed by atoms with Crippen molar-refractivity contribution in [3.05, 3.63) is 68.9 Å². The van der Waals surface area contributed by atoms with E-state index in [1.54, 1.807) is 54.1 Å². The Bertz CT molecular complexity index is 1100. The Hall–Kier alpha value is -2.26. The van der Waals surface area contributed by atoms with Crippen molar-refractivity contribution >= 4 is 64.1 Å². The molecule has 0 radical (unpaired) electrons. The highest BCUT2D eigenvalue weighted by Gasteiger charge is 2.19. The summed E-state index contributed by atoms with van der Waals surface area (Å²) >= 11 is 19.0. The quantitative estimate of drug-likeness (QED) is 0.448. The zero-order valence-corrected chi connectivity index (χ0v) is 19.6. The minimum atomic E-state index is -0.392. The Balaban J connectivity index is 1.58. The van der Waals surface area contributed by atoms with Gasteiger partial charge >= 0.3 is 0 Å². The third-order valence-corrected chi connectivity index (χ3v) is 6.07. The third kappa shape index (κ3) is 6.13. The highest BCUT2D eigenvalue weighted by atomic mass is 35.5. The maximum atomic E-state index is 12.4. The van der Waals surface area contributed by atoms with E-state index in [1.807, 2.05) is 6.92 Å². The number of carbonyl (C=O) groups is 2. The Morgan fingerprint density at radius 3 is 2.42 bits per heavy atom. The molecule has 1 aromatic heterocycles. The fraction of sp³-hybridized carbons (Fsp3) is 0.200. The van der Waals surface area contributed by atoms with Crippen molar-refractivity contribution in [2.24, 2.45) is 7.05 Å². The Labute approximate surface area is 198 Å². The highest BCUT2D eigenvalue weighted by Crippen LogP contribution is 2.26. The number of carbonyl (C=O) groups excluding carboxylic acids is 2. The summed E-state index contributed by atoms with van der Waals surface area (Å²) in [6.07, 6.45) is 0. The zero-order valence-electron chi connectivity index (χ0n) is 16.5. The van der Waals surface area contributed by atoms with Crippen molar-refractivity contribution in [2.75, 3.05) is 11.1 Å². The number of hydrogen-bond donors (Lipinski definition) is 2. The van der Waals surface area contributed by atoms with Crippen LogP contribution in [0.1, 0.15) is 29.1 Å². The number of halogens is 3. The second kappa shape index (κ2) is 10.4. The molecule has 3 rings (SSSR count). The average molecular weight is 499 g/mol. The first-order valence-corrected chi connectivity index (χ1v) is 11.2. The smallest absolute Gasteiger partial charge is 0.251 e. The van der Waals surface area contributed by atoms with E-state index in [-0.39, 0.29) is 17.6 Å². The molecule has 0 fully saturated rings. The molecule has 0 bridgehead atoms. The van der Waals surface area contributed by atoms with Gasteiger partial charge in [0.25, 0.3) is 5.91 Å². The lowest BCUT2D eigenvalue weighted by Gasteiger charge is -2.13. The minimum Gasteiger partial charge on any atom is -0.342 e. The molecule has 0 saturated heterocycles. The first-order chi connectivity index (χ1) is 14.7. The average Bonchev–Trinajstić information content (AvgIpc) is 3.09. The highest BCUT2D eigenvalue weighted by molar-refractivity contribution is 7.99. The van der Waals surface area contributed by atoms with Gasteiger partial charge in [0.05, 0.1) is 22.5 Å². The maximum Gasteiger partial charge on any atom is 0.251 e. The molecule has 1 heterocycles. The van der Waals surface area contributed by atoms with Crippen molar-refractivity contribution in [1.82, 2.24) is 20.1 Å². The van der Waals surface area contributed by atoms with E-state index in [1.165, 1.54) is 11.8 Å². The lowest BCUT2D eigenvalue weighted by Crippen LogP contribution is -2.28. The summed E-state index contributed by atoms with van der Waals surface area (Å²) in [5.41, 5.74) is 0.972. The van der Waals surface area contributed by atoms with Crippen LogP contribution in [0, 0.1) is 0 Å². The zero-order chi connectivity index (χ0) is 22.5. The number of aromatic nitrogens is 3. The van der Waals surface area contributed by atoms with Gasteiger partial charge < -0.3 is 15.2 Å². The Kier molecular flexibility index (Phi) is 7.83. The summed E-state index contributed by atoms with van der Waals surface area (Å²) in [7, 11) is 1.77. The summed E-state index contributed by atoms with van der Waals surface area (Å²) in [5, 5.41) is 15.8. The van der Waals surface area contributed by atoms with Crippen LogP contribution in [-0.4, -0.2) is 32.3 Å². The molecule has 1 atom stereocenters. The van der Waals surface area contributed by atoms with Crippen molar-refractivity contribution in [3.8, 4) is 0 Å². The fourth-order valence-corrected chi connectivity index (χ4v) is 3.98. The molecule has 7 nitrogen and oxygen atoms in total. The number of anilines is 1. The molecule has 162 valence electrons. The SMILES string of the molecule is C[C@@H](NC(=O)c1ccc(Cl)cc1)c1nnc(SCC(=O)Nc2ccc(Cl)cc2Cl)n1C.